The van der Waals surface area contributed by atoms with Crippen LogP contribution in [0.5, 0.6) is 0 Å². The molecule has 5 nitrogen and oxygen atoms in total. The Kier molecular flexibility index (Phi) is 5.93. The van der Waals surface area contributed by atoms with Gasteiger partial charge in [0.25, 0.3) is 0 Å². The zero-order valence-corrected chi connectivity index (χ0v) is 13.1. The summed E-state index contributed by atoms with van der Waals surface area (Å²) in [4.78, 5) is 15.8. The van der Waals surface area contributed by atoms with Crippen molar-refractivity contribution >= 4 is 27.3 Å². The smallest absolute Gasteiger partial charge is 0.239 e. The molecule has 7 heteroatoms. The molecule has 0 saturated heterocycles. The van der Waals surface area contributed by atoms with Gasteiger partial charge in [-0.2, -0.15) is 0 Å². The van der Waals surface area contributed by atoms with Gasteiger partial charge < -0.3 is 0 Å². The number of rotatable bonds is 7. The summed E-state index contributed by atoms with van der Waals surface area (Å²) in [6.07, 6.45) is 1.77. The molecule has 0 aliphatic carbocycles. The van der Waals surface area contributed by atoms with Crippen molar-refractivity contribution in [1.29, 1.82) is 0 Å². The molecule has 1 aromatic heterocycles. The van der Waals surface area contributed by atoms with Crippen molar-refractivity contribution in [2.24, 2.45) is 5.92 Å². The Morgan fingerprint density at radius 3 is 2.74 bits per heavy atom. The van der Waals surface area contributed by atoms with Crippen LogP contribution in [0.2, 0.25) is 0 Å². The highest BCUT2D eigenvalue weighted by atomic mass is 32.2. The standard InChI is InChI=1S/C12H20N2O3S2/c1-4-5-9(2)8-19(16,17)14-12(15)6-11-7-18-10(3)13-11/h7,9H,4-6,8H2,1-3H3,(H,14,15)/t9-/m0/s1. The van der Waals surface area contributed by atoms with Gasteiger partial charge in [-0.15, -0.1) is 11.3 Å². The average Bonchev–Trinajstić information content (AvgIpc) is 2.61. The molecule has 0 aliphatic rings. The second kappa shape index (κ2) is 7.00. The van der Waals surface area contributed by atoms with Crippen molar-refractivity contribution in [3.8, 4) is 0 Å². The third kappa shape index (κ3) is 6.15. The number of thiazole rings is 1. The van der Waals surface area contributed by atoms with Crippen molar-refractivity contribution in [1.82, 2.24) is 9.71 Å². The Hall–Kier alpha value is -0.950. The summed E-state index contributed by atoms with van der Waals surface area (Å²) in [6, 6.07) is 0. The molecule has 1 rings (SSSR count). The molecule has 108 valence electrons. The second-order valence-electron chi connectivity index (χ2n) is 4.74. The monoisotopic (exact) mass is 304 g/mol. The number of aryl methyl sites for hydroxylation is 1. The number of hydrogen-bond donors (Lipinski definition) is 1. The first-order valence-electron chi connectivity index (χ1n) is 6.26. The van der Waals surface area contributed by atoms with Gasteiger partial charge in [0.1, 0.15) is 0 Å². The van der Waals surface area contributed by atoms with Gasteiger partial charge in [-0.25, -0.2) is 13.4 Å². The molecule has 0 saturated carbocycles. The van der Waals surface area contributed by atoms with Crippen LogP contribution in [0.4, 0.5) is 0 Å². The van der Waals surface area contributed by atoms with E-state index in [4.69, 9.17) is 0 Å². The Morgan fingerprint density at radius 1 is 1.53 bits per heavy atom. The zero-order chi connectivity index (χ0) is 14.5. The minimum absolute atomic E-state index is 0.00568. The first-order chi connectivity index (χ1) is 8.82. The lowest BCUT2D eigenvalue weighted by Gasteiger charge is -2.11. The molecule has 0 unspecified atom stereocenters. The molecule has 0 radical (unpaired) electrons. The molecular formula is C12H20N2O3S2. The predicted molar refractivity (Wildman–Crippen MR) is 76.6 cm³/mol. The van der Waals surface area contributed by atoms with E-state index in [1.807, 2.05) is 20.8 Å². The van der Waals surface area contributed by atoms with Gasteiger partial charge in [0.05, 0.1) is 22.9 Å². The number of amides is 1. The highest BCUT2D eigenvalue weighted by Gasteiger charge is 2.18. The average molecular weight is 304 g/mol. The molecule has 0 fully saturated rings. The summed E-state index contributed by atoms with van der Waals surface area (Å²) >= 11 is 1.44. The van der Waals surface area contributed by atoms with Gasteiger partial charge in [-0.3, -0.25) is 9.52 Å². The molecular weight excluding hydrogens is 284 g/mol. The molecule has 1 atom stereocenters. The van der Waals surface area contributed by atoms with E-state index in [0.717, 1.165) is 17.8 Å². The highest BCUT2D eigenvalue weighted by molar-refractivity contribution is 7.90. The van der Waals surface area contributed by atoms with Crippen LogP contribution in [0.25, 0.3) is 0 Å². The molecule has 1 heterocycles. The number of nitrogens with zero attached hydrogens (tertiary/aromatic N) is 1. The van der Waals surface area contributed by atoms with Crippen molar-refractivity contribution in [3.63, 3.8) is 0 Å². The van der Waals surface area contributed by atoms with Gasteiger partial charge in [0.15, 0.2) is 0 Å². The molecule has 0 aliphatic heterocycles. The van der Waals surface area contributed by atoms with Crippen molar-refractivity contribution in [3.05, 3.63) is 16.1 Å². The van der Waals surface area contributed by atoms with Gasteiger partial charge in [0.2, 0.25) is 15.9 Å². The summed E-state index contributed by atoms with van der Waals surface area (Å²) in [5, 5.41) is 2.63. The van der Waals surface area contributed by atoms with Crippen molar-refractivity contribution in [2.75, 3.05) is 5.75 Å². The van der Waals surface area contributed by atoms with Gasteiger partial charge >= 0.3 is 0 Å². The number of sulfonamides is 1. The van der Waals surface area contributed by atoms with E-state index in [2.05, 4.69) is 9.71 Å². The maximum absolute atomic E-state index is 11.8. The second-order valence-corrected chi connectivity index (χ2v) is 7.56. The molecule has 19 heavy (non-hydrogen) atoms. The highest BCUT2D eigenvalue weighted by Crippen LogP contribution is 2.10. The molecule has 0 aromatic carbocycles. The number of nitrogens with one attached hydrogen (secondary N) is 1. The summed E-state index contributed by atoms with van der Waals surface area (Å²) in [7, 11) is -3.54. The van der Waals surface area contributed by atoms with E-state index in [1.165, 1.54) is 11.3 Å². The quantitative estimate of drug-likeness (QED) is 0.834. The van der Waals surface area contributed by atoms with Crippen LogP contribution in [0.1, 0.15) is 37.4 Å². The molecule has 1 amide bonds. The maximum atomic E-state index is 11.8. The van der Waals surface area contributed by atoms with E-state index < -0.39 is 15.9 Å². The summed E-state index contributed by atoms with van der Waals surface area (Å²) < 4.78 is 25.6. The van der Waals surface area contributed by atoms with Crippen LogP contribution in [-0.4, -0.2) is 25.1 Å². The van der Waals surface area contributed by atoms with Gasteiger partial charge in [-0.1, -0.05) is 20.3 Å². The van der Waals surface area contributed by atoms with Crippen molar-refractivity contribution < 1.29 is 13.2 Å². The number of aromatic nitrogens is 1. The SMILES string of the molecule is CCC[C@H](C)CS(=O)(=O)NC(=O)Cc1csc(C)n1. The van der Waals surface area contributed by atoms with Crippen LogP contribution in [0, 0.1) is 12.8 Å². The lowest BCUT2D eigenvalue weighted by atomic mass is 10.1. The molecule has 0 spiro atoms. The first-order valence-corrected chi connectivity index (χ1v) is 8.80. The molecule has 1 N–H and O–H groups in total. The Morgan fingerprint density at radius 2 is 2.21 bits per heavy atom. The number of hydrogen-bond acceptors (Lipinski definition) is 5. The summed E-state index contributed by atoms with van der Waals surface area (Å²) in [5.74, 6) is -0.478. The fourth-order valence-corrected chi connectivity index (χ4v) is 3.89. The first kappa shape index (κ1) is 16.1. The Labute approximate surface area is 118 Å². The van der Waals surface area contributed by atoms with Crippen LogP contribution in [-0.2, 0) is 21.2 Å². The van der Waals surface area contributed by atoms with Crippen LogP contribution < -0.4 is 4.72 Å². The predicted octanol–water partition coefficient (Wildman–Crippen LogP) is 1.88. The van der Waals surface area contributed by atoms with Crippen molar-refractivity contribution in [2.45, 2.75) is 40.0 Å². The molecule has 1 aromatic rings. The minimum Gasteiger partial charge on any atom is -0.274 e. The van der Waals surface area contributed by atoms with E-state index in [9.17, 15) is 13.2 Å². The Bertz CT molecular complexity index is 523. The van der Waals surface area contributed by atoms with Gasteiger partial charge in [-0.05, 0) is 19.3 Å². The van der Waals surface area contributed by atoms with E-state index in [0.29, 0.717) is 5.69 Å². The lowest BCUT2D eigenvalue weighted by Crippen LogP contribution is -2.35. The van der Waals surface area contributed by atoms with E-state index in [1.54, 1.807) is 5.38 Å². The topological polar surface area (TPSA) is 76.1 Å². The third-order valence-electron chi connectivity index (χ3n) is 2.56. The maximum Gasteiger partial charge on any atom is 0.239 e. The summed E-state index contributed by atoms with van der Waals surface area (Å²) in [6.45, 7) is 5.72. The van der Waals surface area contributed by atoms with Crippen LogP contribution in [0.3, 0.4) is 0 Å². The minimum atomic E-state index is -3.54. The Balaban J connectivity index is 2.51. The summed E-state index contributed by atoms with van der Waals surface area (Å²) in [5.41, 5.74) is 0.608. The van der Waals surface area contributed by atoms with E-state index in [-0.39, 0.29) is 18.1 Å². The van der Waals surface area contributed by atoms with Gasteiger partial charge in [0, 0.05) is 5.38 Å². The lowest BCUT2D eigenvalue weighted by molar-refractivity contribution is -0.118. The fraction of sp³-hybridized carbons (Fsp3) is 0.667. The zero-order valence-electron chi connectivity index (χ0n) is 11.5. The number of carbonyl (C=O) groups excluding carboxylic acids is 1. The normalized spacial score (nSPS) is 13.2. The molecule has 0 bridgehead atoms. The van der Waals surface area contributed by atoms with Crippen LogP contribution >= 0.6 is 11.3 Å². The fourth-order valence-electron chi connectivity index (χ4n) is 1.86. The largest absolute Gasteiger partial charge is 0.274 e. The van der Waals surface area contributed by atoms with Crippen LogP contribution in [0.15, 0.2) is 5.38 Å². The number of carbonyl (C=O) groups is 1. The third-order valence-corrected chi connectivity index (χ3v) is 4.93. The van der Waals surface area contributed by atoms with E-state index >= 15 is 0 Å².